The van der Waals surface area contributed by atoms with Crippen LogP contribution in [0.15, 0.2) is 21.7 Å². The standard InChI is InChI=1S/C9H15N3O/c1-6(2)11-9(12-10)8-7(3)4-5-13-8/h4-6H,10H2,1-3H3,(H,11,12). The highest BCUT2D eigenvalue weighted by molar-refractivity contribution is 5.97. The average Bonchev–Trinajstić information content (AvgIpc) is 2.47. The van der Waals surface area contributed by atoms with E-state index in [1.54, 1.807) is 6.26 Å². The first kappa shape index (κ1) is 9.80. The predicted molar refractivity (Wildman–Crippen MR) is 52.4 cm³/mol. The lowest BCUT2D eigenvalue weighted by Gasteiger charge is -2.05. The number of nitrogens with one attached hydrogen (secondary N) is 1. The Morgan fingerprint density at radius 3 is 2.69 bits per heavy atom. The SMILES string of the molecule is Cc1ccoc1C(=NC(C)C)NN. The maximum atomic E-state index is 5.34. The Morgan fingerprint density at radius 2 is 2.31 bits per heavy atom. The summed E-state index contributed by atoms with van der Waals surface area (Å²) in [5.41, 5.74) is 3.56. The summed E-state index contributed by atoms with van der Waals surface area (Å²) in [7, 11) is 0. The van der Waals surface area contributed by atoms with Crippen molar-refractivity contribution in [2.75, 3.05) is 0 Å². The van der Waals surface area contributed by atoms with E-state index in [4.69, 9.17) is 10.3 Å². The molecular weight excluding hydrogens is 166 g/mol. The molecule has 0 bridgehead atoms. The first-order valence-corrected chi connectivity index (χ1v) is 4.24. The van der Waals surface area contributed by atoms with Crippen molar-refractivity contribution in [1.29, 1.82) is 0 Å². The molecule has 4 nitrogen and oxygen atoms in total. The van der Waals surface area contributed by atoms with Gasteiger partial charge in [-0.2, -0.15) is 0 Å². The van der Waals surface area contributed by atoms with E-state index in [9.17, 15) is 0 Å². The molecule has 0 saturated heterocycles. The first-order valence-electron chi connectivity index (χ1n) is 4.24. The molecule has 0 spiro atoms. The topological polar surface area (TPSA) is 63.5 Å². The van der Waals surface area contributed by atoms with Crippen molar-refractivity contribution in [3.63, 3.8) is 0 Å². The van der Waals surface area contributed by atoms with Gasteiger partial charge in [-0.25, -0.2) is 5.84 Å². The zero-order chi connectivity index (χ0) is 9.84. The smallest absolute Gasteiger partial charge is 0.179 e. The number of amidine groups is 1. The molecule has 0 aliphatic rings. The zero-order valence-corrected chi connectivity index (χ0v) is 8.16. The van der Waals surface area contributed by atoms with E-state index in [0.29, 0.717) is 11.6 Å². The van der Waals surface area contributed by atoms with Crippen LogP contribution >= 0.6 is 0 Å². The maximum Gasteiger partial charge on any atom is 0.179 e. The van der Waals surface area contributed by atoms with Gasteiger partial charge in [0, 0.05) is 6.04 Å². The van der Waals surface area contributed by atoms with Crippen LogP contribution in [0.25, 0.3) is 0 Å². The molecule has 0 aliphatic carbocycles. The molecule has 0 saturated carbocycles. The van der Waals surface area contributed by atoms with Crippen LogP contribution in [0.3, 0.4) is 0 Å². The van der Waals surface area contributed by atoms with Crippen molar-refractivity contribution < 1.29 is 4.42 Å². The van der Waals surface area contributed by atoms with Gasteiger partial charge in [0.05, 0.1) is 6.26 Å². The van der Waals surface area contributed by atoms with Crippen LogP contribution in [0.4, 0.5) is 0 Å². The Hall–Kier alpha value is -1.29. The fourth-order valence-electron chi connectivity index (χ4n) is 1.03. The van der Waals surface area contributed by atoms with E-state index < -0.39 is 0 Å². The summed E-state index contributed by atoms with van der Waals surface area (Å²) >= 11 is 0. The number of nitrogens with zero attached hydrogens (tertiary/aromatic N) is 1. The molecule has 0 atom stereocenters. The minimum atomic E-state index is 0.190. The molecule has 0 fully saturated rings. The summed E-state index contributed by atoms with van der Waals surface area (Å²) in [6.45, 7) is 5.91. The molecule has 0 amide bonds. The molecule has 0 aromatic carbocycles. The van der Waals surface area contributed by atoms with Gasteiger partial charge in [-0.3, -0.25) is 4.99 Å². The van der Waals surface area contributed by atoms with Crippen LogP contribution in [-0.4, -0.2) is 11.9 Å². The number of hydrogen-bond acceptors (Lipinski definition) is 3. The molecule has 0 radical (unpaired) electrons. The van der Waals surface area contributed by atoms with Crippen LogP contribution in [0.2, 0.25) is 0 Å². The van der Waals surface area contributed by atoms with Gasteiger partial charge in [0.15, 0.2) is 11.6 Å². The average molecular weight is 181 g/mol. The Labute approximate surface area is 77.8 Å². The monoisotopic (exact) mass is 181 g/mol. The molecule has 1 rings (SSSR count). The number of rotatable bonds is 2. The highest BCUT2D eigenvalue weighted by Gasteiger charge is 2.09. The van der Waals surface area contributed by atoms with Crippen LogP contribution in [-0.2, 0) is 0 Å². The summed E-state index contributed by atoms with van der Waals surface area (Å²) < 4.78 is 5.24. The third kappa shape index (κ3) is 2.32. The number of hydrazine groups is 1. The maximum absolute atomic E-state index is 5.34. The third-order valence-electron chi connectivity index (χ3n) is 1.60. The molecule has 13 heavy (non-hydrogen) atoms. The van der Waals surface area contributed by atoms with E-state index in [0.717, 1.165) is 5.56 Å². The highest BCUT2D eigenvalue weighted by atomic mass is 16.3. The number of hydrogen-bond donors (Lipinski definition) is 2. The second kappa shape index (κ2) is 4.09. The van der Waals surface area contributed by atoms with Crippen molar-refractivity contribution in [2.24, 2.45) is 10.8 Å². The van der Waals surface area contributed by atoms with Gasteiger partial charge in [0.2, 0.25) is 0 Å². The second-order valence-electron chi connectivity index (χ2n) is 3.15. The van der Waals surface area contributed by atoms with Gasteiger partial charge < -0.3 is 9.84 Å². The number of aliphatic imine (C=N–C) groups is 1. The quantitative estimate of drug-likeness (QED) is 0.312. The molecule has 72 valence electrons. The molecule has 1 aromatic heterocycles. The molecular formula is C9H15N3O. The molecule has 0 unspecified atom stereocenters. The lowest BCUT2D eigenvalue weighted by molar-refractivity contribution is 0.550. The number of aryl methyl sites for hydroxylation is 1. The van der Waals surface area contributed by atoms with Crippen LogP contribution in [0.5, 0.6) is 0 Å². The first-order chi connectivity index (χ1) is 6.15. The van der Waals surface area contributed by atoms with Gasteiger partial charge in [0.1, 0.15) is 0 Å². The van der Waals surface area contributed by atoms with E-state index >= 15 is 0 Å². The summed E-state index contributed by atoms with van der Waals surface area (Å²) in [5.74, 6) is 6.64. The Kier molecular flexibility index (Phi) is 3.08. The van der Waals surface area contributed by atoms with E-state index in [-0.39, 0.29) is 6.04 Å². The molecule has 4 heteroatoms. The fourth-order valence-corrected chi connectivity index (χ4v) is 1.03. The van der Waals surface area contributed by atoms with Crippen molar-refractivity contribution in [1.82, 2.24) is 5.43 Å². The van der Waals surface area contributed by atoms with Gasteiger partial charge in [-0.15, -0.1) is 0 Å². The Morgan fingerprint density at radius 1 is 1.62 bits per heavy atom. The van der Waals surface area contributed by atoms with Crippen molar-refractivity contribution in [2.45, 2.75) is 26.8 Å². The Bertz CT molecular complexity index is 302. The van der Waals surface area contributed by atoms with Crippen molar-refractivity contribution in [3.8, 4) is 0 Å². The van der Waals surface area contributed by atoms with E-state index in [1.807, 2.05) is 26.8 Å². The molecule has 3 N–H and O–H groups in total. The molecule has 1 heterocycles. The van der Waals surface area contributed by atoms with Gasteiger partial charge >= 0.3 is 0 Å². The van der Waals surface area contributed by atoms with Crippen LogP contribution in [0.1, 0.15) is 25.2 Å². The number of furan rings is 1. The minimum Gasteiger partial charge on any atom is -0.461 e. The summed E-state index contributed by atoms with van der Waals surface area (Å²) in [6.07, 6.45) is 1.62. The van der Waals surface area contributed by atoms with E-state index in [2.05, 4.69) is 10.4 Å². The minimum absolute atomic E-state index is 0.190. The van der Waals surface area contributed by atoms with Crippen LogP contribution < -0.4 is 11.3 Å². The van der Waals surface area contributed by atoms with E-state index in [1.165, 1.54) is 0 Å². The summed E-state index contributed by atoms with van der Waals surface area (Å²) in [6, 6.07) is 2.07. The van der Waals surface area contributed by atoms with Crippen LogP contribution in [0, 0.1) is 6.92 Å². The largest absolute Gasteiger partial charge is 0.461 e. The van der Waals surface area contributed by atoms with Gasteiger partial charge in [-0.1, -0.05) is 0 Å². The van der Waals surface area contributed by atoms with Crippen molar-refractivity contribution in [3.05, 3.63) is 23.7 Å². The summed E-state index contributed by atoms with van der Waals surface area (Å²) in [4.78, 5) is 4.29. The predicted octanol–water partition coefficient (Wildman–Crippen LogP) is 1.21. The fraction of sp³-hybridized carbons (Fsp3) is 0.444. The normalized spacial score (nSPS) is 12.2. The summed E-state index contributed by atoms with van der Waals surface area (Å²) in [5, 5.41) is 0. The van der Waals surface area contributed by atoms with Gasteiger partial charge in [0.25, 0.3) is 0 Å². The van der Waals surface area contributed by atoms with Gasteiger partial charge in [-0.05, 0) is 32.4 Å². The third-order valence-corrected chi connectivity index (χ3v) is 1.60. The highest BCUT2D eigenvalue weighted by Crippen LogP contribution is 2.09. The Balaban J connectivity index is 2.97. The number of nitrogens with two attached hydrogens (primary N) is 1. The molecule has 1 aromatic rings. The lowest BCUT2D eigenvalue weighted by Crippen LogP contribution is -2.32. The zero-order valence-electron chi connectivity index (χ0n) is 8.16. The second-order valence-corrected chi connectivity index (χ2v) is 3.15. The van der Waals surface area contributed by atoms with Crippen molar-refractivity contribution >= 4 is 5.84 Å². The molecule has 0 aliphatic heterocycles. The lowest BCUT2D eigenvalue weighted by atomic mass is 10.2.